The van der Waals surface area contributed by atoms with Gasteiger partial charge in [-0.2, -0.15) is 32.6 Å². The maximum atomic E-state index is 11.6. The van der Waals surface area contributed by atoms with Crippen molar-refractivity contribution < 1.29 is 60.4 Å². The summed E-state index contributed by atoms with van der Waals surface area (Å²) in [7, 11) is -4.45. The topological polar surface area (TPSA) is 92.2 Å². The third kappa shape index (κ3) is 33.9. The summed E-state index contributed by atoms with van der Waals surface area (Å²) in [6.45, 7) is 48.6. The molecule has 0 amide bonds. The Labute approximate surface area is 322 Å². The van der Waals surface area contributed by atoms with E-state index in [-0.39, 0.29) is 107 Å². The van der Waals surface area contributed by atoms with Gasteiger partial charge in [-0.3, -0.25) is 0 Å². The Balaban J connectivity index is -0.0000000635. The first-order chi connectivity index (χ1) is 16.6. The fourth-order valence-corrected chi connectivity index (χ4v) is 12.1. The molecule has 0 saturated heterocycles. The van der Waals surface area contributed by atoms with E-state index in [0.717, 1.165) is 0 Å². The van der Waals surface area contributed by atoms with Gasteiger partial charge in [-0.05, 0) is 41.2 Å². The van der Waals surface area contributed by atoms with Crippen LogP contribution in [0.2, 0.25) is 0 Å². The minimum atomic E-state index is -1.11. The van der Waals surface area contributed by atoms with Crippen molar-refractivity contribution in [2.75, 3.05) is 0 Å². The molecule has 0 N–H and O–H groups in total. The van der Waals surface area contributed by atoms with Crippen LogP contribution in [0.1, 0.15) is 166 Å². The van der Waals surface area contributed by atoms with E-state index in [1.54, 1.807) is 0 Å². The molecule has 0 saturated carbocycles. The molecule has 0 atom stereocenters. The van der Waals surface area contributed by atoms with Crippen LogP contribution < -0.4 is 19.6 Å². The predicted octanol–water partition coefficient (Wildman–Crippen LogP) is 10.2. The largest absolute Gasteiger partial charge is 2.00 e. The van der Waals surface area contributed by atoms with Crippen molar-refractivity contribution >= 4 is 57.4 Å². The van der Waals surface area contributed by atoms with Gasteiger partial charge in [0.15, 0.2) is 0 Å². The minimum Gasteiger partial charge on any atom is -0.829 e. The Bertz CT molecular complexity index is 517. The molecule has 0 radical (unpaired) electrons. The number of hydrogen-bond acceptors (Lipinski definition) is 4. The van der Waals surface area contributed by atoms with Gasteiger partial charge in [0.2, 0.25) is 0 Å². The van der Waals surface area contributed by atoms with Gasteiger partial charge in [0, 0.05) is 0 Å². The van der Waals surface area contributed by atoms with E-state index >= 15 is 0 Å². The van der Waals surface area contributed by atoms with E-state index in [1.165, 1.54) is 0 Å². The van der Waals surface area contributed by atoms with E-state index in [4.69, 9.17) is 0 Å². The van der Waals surface area contributed by atoms with Crippen LogP contribution in [-0.4, -0.2) is 41.2 Å². The van der Waals surface area contributed by atoms with Crippen LogP contribution in [0.4, 0.5) is 0 Å². The molecule has 0 unspecified atom stereocenters. The van der Waals surface area contributed by atoms with Gasteiger partial charge >= 0.3 is 40.8 Å². The number of halogens is 2. The number of rotatable bonds is 0. The van der Waals surface area contributed by atoms with Crippen LogP contribution in [0.3, 0.4) is 0 Å². The summed E-state index contributed by atoms with van der Waals surface area (Å²) >= 11 is 0. The van der Waals surface area contributed by atoms with Gasteiger partial charge in [-0.25, -0.2) is 0 Å². The second-order valence-electron chi connectivity index (χ2n) is 18.5. The van der Waals surface area contributed by atoms with Gasteiger partial charge in [-0.15, -0.1) is 24.8 Å². The van der Waals surface area contributed by atoms with E-state index in [1.807, 2.05) is 166 Å². The van der Waals surface area contributed by atoms with Crippen molar-refractivity contribution in [2.24, 2.45) is 0 Å². The maximum Gasteiger partial charge on any atom is 2.00 e. The molecular weight excluding hydrogens is 856 g/mol. The molecule has 0 aliphatic heterocycles. The summed E-state index contributed by atoms with van der Waals surface area (Å²) in [6.07, 6.45) is 0. The first-order valence-corrected chi connectivity index (χ1v) is 19.6. The number of hydrogen-bond donors (Lipinski definition) is 0. The average molecular weight is 931 g/mol. The predicted molar refractivity (Wildman–Crippen MR) is 200 cm³/mol. The molecule has 0 aliphatic rings. The van der Waals surface area contributed by atoms with Gasteiger partial charge in [0.1, 0.15) is 0 Å². The summed E-state index contributed by atoms with van der Waals surface area (Å²) in [5.74, 6) is 0. The second-order valence-corrected chi connectivity index (χ2v) is 31.6. The summed E-state index contributed by atoms with van der Waals surface area (Å²) in [5.41, 5.74) is 0. The monoisotopic (exact) mass is 928 g/mol. The Morgan fingerprint density at radius 2 is 0.273 bits per heavy atom. The molecule has 0 spiro atoms. The SMILES string of the molecule is CC(C)(C)P([O-])C(C)(C)C.CC(C)(C)P([O-])C(C)(C)C.CC(C)(C)P([O-])C(C)(C)C.CC(C)(C)P([O-])C(C)(C)C.Cl.Cl.[Pd+2].[Pd+2]. The van der Waals surface area contributed by atoms with Crippen LogP contribution in [-0.2, 0) is 40.8 Å². The van der Waals surface area contributed by atoms with Crippen LogP contribution in [0.5, 0.6) is 0 Å². The Hall–Kier alpha value is 3.46. The summed E-state index contributed by atoms with van der Waals surface area (Å²) < 4.78 is 0. The second kappa shape index (κ2) is 23.8. The van der Waals surface area contributed by atoms with Crippen LogP contribution in [0, 0.1) is 0 Å². The zero-order valence-electron chi connectivity index (χ0n) is 32.9. The molecule has 0 aliphatic carbocycles. The molecule has 0 aromatic rings. The average Bonchev–Trinajstić information content (AvgIpc) is 2.61. The fourth-order valence-electron chi connectivity index (χ4n) is 4.02. The third-order valence-corrected chi connectivity index (χ3v) is 14.6. The molecule has 44 heavy (non-hydrogen) atoms. The minimum absolute atomic E-state index is 0. The van der Waals surface area contributed by atoms with Gasteiger partial charge in [-0.1, -0.05) is 166 Å². The van der Waals surface area contributed by atoms with E-state index < -0.39 is 32.6 Å². The zero-order valence-corrected chi connectivity index (χ0v) is 41.2. The first kappa shape index (κ1) is 65.8. The summed E-state index contributed by atoms with van der Waals surface area (Å²) in [5, 5.41) is -0.384. The van der Waals surface area contributed by atoms with Crippen LogP contribution >= 0.6 is 57.4 Å². The third-order valence-electron chi connectivity index (χ3n) is 4.87. The molecule has 4 nitrogen and oxygen atoms in total. The molecule has 0 fully saturated rings. The molecule has 0 bridgehead atoms. The summed E-state index contributed by atoms with van der Waals surface area (Å²) in [6, 6.07) is 0. The maximum absolute atomic E-state index is 11.6. The van der Waals surface area contributed by atoms with Gasteiger partial charge in [0.05, 0.1) is 0 Å². The fraction of sp³-hybridized carbons (Fsp3) is 1.00. The van der Waals surface area contributed by atoms with Crippen molar-refractivity contribution in [3.63, 3.8) is 0 Å². The first-order valence-electron chi connectivity index (χ1n) is 14.5. The molecule has 0 aromatic heterocycles. The van der Waals surface area contributed by atoms with Crippen molar-refractivity contribution in [1.29, 1.82) is 0 Å². The summed E-state index contributed by atoms with van der Waals surface area (Å²) in [4.78, 5) is 46.5. The molecule has 0 rings (SSSR count). The van der Waals surface area contributed by atoms with E-state index in [2.05, 4.69) is 0 Å². The molecule has 0 heterocycles. The van der Waals surface area contributed by atoms with E-state index in [9.17, 15) is 19.6 Å². The molecule has 280 valence electrons. The Kier molecular flexibility index (Phi) is 35.7. The van der Waals surface area contributed by atoms with Crippen molar-refractivity contribution in [3.8, 4) is 0 Å². The van der Waals surface area contributed by atoms with Crippen molar-refractivity contribution in [3.05, 3.63) is 0 Å². The van der Waals surface area contributed by atoms with Crippen LogP contribution in [0.15, 0.2) is 0 Å². The zero-order chi connectivity index (χ0) is 34.3. The van der Waals surface area contributed by atoms with Gasteiger partial charge in [0.25, 0.3) is 0 Å². The van der Waals surface area contributed by atoms with E-state index in [0.29, 0.717) is 0 Å². The molecule has 12 heteroatoms. The molecule has 0 aromatic carbocycles. The quantitative estimate of drug-likeness (QED) is 0.179. The smallest absolute Gasteiger partial charge is 0.829 e. The molecular formula is C32H74Cl2O4P4Pd2. The van der Waals surface area contributed by atoms with Crippen molar-refractivity contribution in [1.82, 2.24) is 0 Å². The normalized spacial score (nSPS) is 13.1. The van der Waals surface area contributed by atoms with Crippen molar-refractivity contribution in [2.45, 2.75) is 207 Å². The van der Waals surface area contributed by atoms with Crippen LogP contribution in [0.25, 0.3) is 0 Å². The standard InChI is InChI=1S/4C8H18OP.2ClH.2Pd/c4*1-7(2,3)10(9)8(4,5)6;;;;/h4*1-6H3;2*1H;;/q4*-1;;;2*+2. The Morgan fingerprint density at radius 3 is 0.273 bits per heavy atom. The van der Waals surface area contributed by atoms with Gasteiger partial charge < -0.3 is 19.6 Å². The Morgan fingerprint density at radius 1 is 0.227 bits per heavy atom.